The van der Waals surface area contributed by atoms with Gasteiger partial charge in [0.15, 0.2) is 0 Å². The first-order chi connectivity index (χ1) is 13.5. The lowest BCUT2D eigenvalue weighted by atomic mass is 10.1. The standard InChI is InChI=1S/C20H16ClF2N3O2/c21-15-1-4-19(26-5-7-28-8-6-26)18(11-15)25-20(27)14(12-24)9-13-10-16(22)2-3-17(13)23/h1-4,9-11H,5-8H2,(H,25,27)/b14-9+. The Morgan fingerprint density at radius 2 is 1.96 bits per heavy atom. The fourth-order valence-electron chi connectivity index (χ4n) is 2.81. The number of hydrogen-bond acceptors (Lipinski definition) is 4. The van der Waals surface area contributed by atoms with Crippen molar-refractivity contribution in [2.24, 2.45) is 0 Å². The number of hydrogen-bond donors (Lipinski definition) is 1. The number of amides is 1. The van der Waals surface area contributed by atoms with Crippen LogP contribution in [0.15, 0.2) is 42.0 Å². The molecule has 144 valence electrons. The molecule has 0 spiro atoms. The molecule has 0 aromatic heterocycles. The van der Waals surface area contributed by atoms with Crippen LogP contribution in [0.25, 0.3) is 6.08 Å². The molecular weight excluding hydrogens is 388 g/mol. The van der Waals surface area contributed by atoms with Crippen LogP contribution in [-0.2, 0) is 9.53 Å². The number of rotatable bonds is 4. The Balaban J connectivity index is 1.89. The molecule has 1 saturated heterocycles. The van der Waals surface area contributed by atoms with E-state index >= 15 is 0 Å². The summed E-state index contributed by atoms with van der Waals surface area (Å²) in [5.41, 5.74) is 0.596. The molecular formula is C20H16ClF2N3O2. The lowest BCUT2D eigenvalue weighted by Crippen LogP contribution is -2.36. The highest BCUT2D eigenvalue weighted by molar-refractivity contribution is 6.31. The predicted octanol–water partition coefficient (Wildman–Crippen LogP) is 4.00. The zero-order valence-electron chi connectivity index (χ0n) is 14.7. The van der Waals surface area contributed by atoms with Gasteiger partial charge >= 0.3 is 0 Å². The van der Waals surface area contributed by atoms with Gasteiger partial charge < -0.3 is 15.0 Å². The van der Waals surface area contributed by atoms with E-state index in [9.17, 15) is 18.8 Å². The van der Waals surface area contributed by atoms with Crippen LogP contribution in [0.2, 0.25) is 5.02 Å². The van der Waals surface area contributed by atoms with Crippen molar-refractivity contribution in [3.8, 4) is 6.07 Å². The molecule has 0 saturated carbocycles. The van der Waals surface area contributed by atoms with E-state index in [4.69, 9.17) is 16.3 Å². The van der Waals surface area contributed by atoms with Gasteiger partial charge in [-0.3, -0.25) is 4.79 Å². The summed E-state index contributed by atoms with van der Waals surface area (Å²) in [6.45, 7) is 2.39. The molecule has 1 amide bonds. The normalized spacial score (nSPS) is 14.5. The molecule has 1 aliphatic heterocycles. The van der Waals surface area contributed by atoms with Gasteiger partial charge in [-0.2, -0.15) is 5.26 Å². The summed E-state index contributed by atoms with van der Waals surface area (Å²) >= 11 is 6.06. The maximum atomic E-state index is 13.8. The lowest BCUT2D eigenvalue weighted by molar-refractivity contribution is -0.112. The number of benzene rings is 2. The van der Waals surface area contributed by atoms with Crippen molar-refractivity contribution in [1.82, 2.24) is 0 Å². The highest BCUT2D eigenvalue weighted by Gasteiger charge is 2.18. The van der Waals surface area contributed by atoms with Crippen LogP contribution < -0.4 is 10.2 Å². The second-order valence-corrected chi connectivity index (χ2v) is 6.49. The van der Waals surface area contributed by atoms with Crippen LogP contribution in [0, 0.1) is 23.0 Å². The van der Waals surface area contributed by atoms with Crippen LogP contribution in [0.4, 0.5) is 20.2 Å². The van der Waals surface area contributed by atoms with Gasteiger partial charge in [-0.15, -0.1) is 0 Å². The molecule has 28 heavy (non-hydrogen) atoms. The third-order valence-electron chi connectivity index (χ3n) is 4.18. The number of nitriles is 1. The fourth-order valence-corrected chi connectivity index (χ4v) is 2.98. The van der Waals surface area contributed by atoms with E-state index in [1.165, 1.54) is 0 Å². The number of anilines is 2. The Morgan fingerprint density at radius 3 is 2.68 bits per heavy atom. The Labute approximate surface area is 165 Å². The van der Waals surface area contributed by atoms with E-state index in [-0.39, 0.29) is 11.1 Å². The van der Waals surface area contributed by atoms with Crippen molar-refractivity contribution in [3.05, 3.63) is 64.2 Å². The van der Waals surface area contributed by atoms with E-state index in [1.54, 1.807) is 24.3 Å². The largest absolute Gasteiger partial charge is 0.378 e. The predicted molar refractivity (Wildman–Crippen MR) is 103 cm³/mol. The van der Waals surface area contributed by atoms with Gasteiger partial charge in [0.2, 0.25) is 0 Å². The smallest absolute Gasteiger partial charge is 0.266 e. The second-order valence-electron chi connectivity index (χ2n) is 6.05. The highest BCUT2D eigenvalue weighted by atomic mass is 35.5. The maximum Gasteiger partial charge on any atom is 0.266 e. The molecule has 3 rings (SSSR count). The molecule has 1 N–H and O–H groups in total. The van der Waals surface area contributed by atoms with Gasteiger partial charge in [-0.25, -0.2) is 8.78 Å². The first-order valence-electron chi connectivity index (χ1n) is 8.48. The molecule has 1 heterocycles. The topological polar surface area (TPSA) is 65.4 Å². The minimum Gasteiger partial charge on any atom is -0.378 e. The van der Waals surface area contributed by atoms with Crippen LogP contribution >= 0.6 is 11.6 Å². The molecule has 2 aromatic carbocycles. The molecule has 2 aromatic rings. The van der Waals surface area contributed by atoms with Crippen LogP contribution in [0.5, 0.6) is 0 Å². The third kappa shape index (κ3) is 4.66. The minimum atomic E-state index is -0.747. The summed E-state index contributed by atoms with van der Waals surface area (Å²) in [6, 6.07) is 9.57. The Bertz CT molecular complexity index is 966. The number of carbonyl (C=O) groups excluding carboxylic acids is 1. The Kier molecular flexibility index (Phi) is 6.24. The summed E-state index contributed by atoms with van der Waals surface area (Å²) < 4.78 is 32.5. The number of carbonyl (C=O) groups is 1. The van der Waals surface area contributed by atoms with Gasteiger partial charge in [0, 0.05) is 23.7 Å². The van der Waals surface area contributed by atoms with Crippen molar-refractivity contribution in [2.75, 3.05) is 36.5 Å². The second kappa shape index (κ2) is 8.83. The monoisotopic (exact) mass is 403 g/mol. The summed E-state index contributed by atoms with van der Waals surface area (Å²) in [7, 11) is 0. The minimum absolute atomic E-state index is 0.189. The molecule has 1 aliphatic rings. The lowest BCUT2D eigenvalue weighted by Gasteiger charge is -2.30. The van der Waals surface area contributed by atoms with E-state index in [0.717, 1.165) is 30.0 Å². The van der Waals surface area contributed by atoms with Gasteiger partial charge in [0.05, 0.1) is 24.6 Å². The first-order valence-corrected chi connectivity index (χ1v) is 8.86. The van der Waals surface area contributed by atoms with Crippen molar-refractivity contribution in [1.29, 1.82) is 5.26 Å². The number of nitrogens with one attached hydrogen (secondary N) is 1. The summed E-state index contributed by atoms with van der Waals surface area (Å²) in [5, 5.41) is 12.4. The van der Waals surface area contributed by atoms with Crippen molar-refractivity contribution >= 4 is 35.0 Å². The molecule has 0 bridgehead atoms. The molecule has 0 atom stereocenters. The number of halogens is 3. The molecule has 1 fully saturated rings. The average molecular weight is 404 g/mol. The fraction of sp³-hybridized carbons (Fsp3) is 0.200. The summed E-state index contributed by atoms with van der Waals surface area (Å²) in [4.78, 5) is 14.6. The molecule has 5 nitrogen and oxygen atoms in total. The molecule has 0 unspecified atom stereocenters. The van der Waals surface area contributed by atoms with Gasteiger partial charge in [-0.05, 0) is 42.5 Å². The zero-order chi connectivity index (χ0) is 20.1. The van der Waals surface area contributed by atoms with Crippen LogP contribution in [-0.4, -0.2) is 32.2 Å². The highest BCUT2D eigenvalue weighted by Crippen LogP contribution is 2.30. The number of ether oxygens (including phenoxy) is 1. The van der Waals surface area contributed by atoms with Crippen molar-refractivity contribution < 1.29 is 18.3 Å². The summed E-state index contributed by atoms with van der Waals surface area (Å²) in [6.07, 6.45) is 1.01. The summed E-state index contributed by atoms with van der Waals surface area (Å²) in [5.74, 6) is -2.16. The average Bonchev–Trinajstić information content (AvgIpc) is 2.69. The van der Waals surface area contributed by atoms with Crippen molar-refractivity contribution in [3.63, 3.8) is 0 Å². The van der Waals surface area contributed by atoms with Crippen LogP contribution in [0.1, 0.15) is 5.56 Å². The van der Waals surface area contributed by atoms with Gasteiger partial charge in [0.25, 0.3) is 5.91 Å². The molecule has 8 heteroatoms. The third-order valence-corrected chi connectivity index (χ3v) is 4.42. The van der Waals surface area contributed by atoms with E-state index < -0.39 is 17.5 Å². The van der Waals surface area contributed by atoms with Crippen molar-refractivity contribution in [2.45, 2.75) is 0 Å². The van der Waals surface area contributed by atoms with E-state index in [2.05, 4.69) is 5.32 Å². The van der Waals surface area contributed by atoms with E-state index in [1.807, 2.05) is 4.90 Å². The van der Waals surface area contributed by atoms with E-state index in [0.29, 0.717) is 37.0 Å². The number of nitrogens with zero attached hydrogens (tertiary/aromatic N) is 2. The van der Waals surface area contributed by atoms with Gasteiger partial charge in [0.1, 0.15) is 23.3 Å². The number of morpholine rings is 1. The van der Waals surface area contributed by atoms with Gasteiger partial charge in [-0.1, -0.05) is 11.6 Å². The Morgan fingerprint density at radius 1 is 1.21 bits per heavy atom. The molecule has 0 aliphatic carbocycles. The first kappa shape index (κ1) is 19.8. The molecule has 0 radical (unpaired) electrons. The SMILES string of the molecule is N#C/C(=C\c1cc(F)ccc1F)C(=O)Nc1cc(Cl)ccc1N1CCOCC1. The zero-order valence-corrected chi connectivity index (χ0v) is 15.5. The Hall–Kier alpha value is -2.95. The maximum absolute atomic E-state index is 13.8. The quantitative estimate of drug-likeness (QED) is 0.619. The van der Waals surface area contributed by atoms with Crippen LogP contribution in [0.3, 0.4) is 0 Å².